The van der Waals surface area contributed by atoms with E-state index >= 15 is 0 Å². The summed E-state index contributed by atoms with van der Waals surface area (Å²) in [4.78, 5) is 23.6. The first kappa shape index (κ1) is 20.1. The van der Waals surface area contributed by atoms with Gasteiger partial charge in [-0.3, -0.25) is 4.79 Å². The Labute approximate surface area is 174 Å². The van der Waals surface area contributed by atoms with Crippen molar-refractivity contribution in [2.24, 2.45) is 0 Å². The number of nitrogens with zero attached hydrogens (tertiary/aromatic N) is 5. The van der Waals surface area contributed by atoms with Crippen LogP contribution in [0.2, 0.25) is 5.02 Å². The molecule has 1 aliphatic rings. The first-order valence-electron chi connectivity index (χ1n) is 8.98. The number of aromatic amines is 1. The summed E-state index contributed by atoms with van der Waals surface area (Å²) in [6, 6.07) is 5.36. The Morgan fingerprint density at radius 2 is 2.00 bits per heavy atom. The molecule has 2 aromatic heterocycles. The number of hydrogen-bond donors (Lipinski definition) is 1. The molecule has 11 heteroatoms. The average Bonchev–Trinajstić information content (AvgIpc) is 2.74. The number of hydrogen-bond acceptors (Lipinski definition) is 6. The molecule has 0 unspecified atom stereocenters. The molecule has 30 heavy (non-hydrogen) atoms. The number of halogens is 4. The molecular weight excluding hydrogens is 421 g/mol. The first-order chi connectivity index (χ1) is 14.3. The Balaban J connectivity index is 1.70. The number of anilines is 3. The molecule has 0 amide bonds. The summed E-state index contributed by atoms with van der Waals surface area (Å²) in [6.07, 6.45) is -1.24. The number of benzene rings is 1. The molecule has 156 valence electrons. The van der Waals surface area contributed by atoms with Crippen LogP contribution in [-0.4, -0.2) is 33.8 Å². The highest BCUT2D eigenvalue weighted by Gasteiger charge is 2.35. The molecule has 0 saturated carbocycles. The summed E-state index contributed by atoms with van der Waals surface area (Å²) in [5, 5.41) is 6.08. The van der Waals surface area contributed by atoms with E-state index < -0.39 is 17.3 Å². The fourth-order valence-corrected chi connectivity index (χ4v) is 3.76. The third-order valence-corrected chi connectivity index (χ3v) is 5.36. The number of nitrogens with one attached hydrogen (secondary N) is 1. The van der Waals surface area contributed by atoms with Gasteiger partial charge in [0.15, 0.2) is 0 Å². The molecule has 0 spiro atoms. The van der Waals surface area contributed by atoms with Crippen LogP contribution in [0.25, 0.3) is 0 Å². The van der Waals surface area contributed by atoms with Gasteiger partial charge in [-0.2, -0.15) is 18.3 Å². The standard InChI is InChI=1S/C19H16ClF3N6O/c1-28(14-5-3-2-4-12(14)19(21,22)23)17-11-6-7-29(9-13(11)24-10-25-17)15-8-26-27-18(30)16(15)20/h2-5,8,10H,6-7,9H2,1H3,(H,27,30). The summed E-state index contributed by atoms with van der Waals surface area (Å²) >= 11 is 6.10. The monoisotopic (exact) mass is 436 g/mol. The van der Waals surface area contributed by atoms with Gasteiger partial charge in [-0.25, -0.2) is 15.1 Å². The lowest BCUT2D eigenvalue weighted by molar-refractivity contribution is -0.137. The van der Waals surface area contributed by atoms with E-state index in [1.54, 1.807) is 13.1 Å². The van der Waals surface area contributed by atoms with E-state index in [-0.39, 0.29) is 10.7 Å². The van der Waals surface area contributed by atoms with Gasteiger partial charge in [0.05, 0.1) is 35.4 Å². The minimum absolute atomic E-state index is 0.00941. The first-order valence-corrected chi connectivity index (χ1v) is 9.36. The number of alkyl halides is 3. The van der Waals surface area contributed by atoms with Crippen LogP contribution >= 0.6 is 11.6 Å². The van der Waals surface area contributed by atoms with Crippen LogP contribution in [0.4, 0.5) is 30.4 Å². The summed E-state index contributed by atoms with van der Waals surface area (Å²) in [6.45, 7) is 0.803. The molecule has 0 fully saturated rings. The van der Waals surface area contributed by atoms with Crippen molar-refractivity contribution in [3.05, 3.63) is 69.0 Å². The van der Waals surface area contributed by atoms with E-state index in [0.717, 1.165) is 11.6 Å². The molecule has 4 rings (SSSR count). The highest BCUT2D eigenvalue weighted by molar-refractivity contribution is 6.33. The van der Waals surface area contributed by atoms with Crippen LogP contribution in [0, 0.1) is 0 Å². The third kappa shape index (κ3) is 3.58. The van der Waals surface area contributed by atoms with E-state index in [1.807, 2.05) is 4.90 Å². The average molecular weight is 437 g/mol. The molecule has 0 saturated heterocycles. The lowest BCUT2D eigenvalue weighted by atomic mass is 10.0. The molecule has 1 N–H and O–H groups in total. The van der Waals surface area contributed by atoms with Gasteiger partial charge in [-0.15, -0.1) is 0 Å². The second-order valence-electron chi connectivity index (χ2n) is 6.77. The van der Waals surface area contributed by atoms with Crippen LogP contribution in [0.5, 0.6) is 0 Å². The number of aromatic nitrogens is 4. The molecule has 7 nitrogen and oxygen atoms in total. The van der Waals surface area contributed by atoms with Gasteiger partial charge >= 0.3 is 6.18 Å². The largest absolute Gasteiger partial charge is 0.418 e. The maximum Gasteiger partial charge on any atom is 0.418 e. The van der Waals surface area contributed by atoms with Gasteiger partial charge in [0.1, 0.15) is 17.2 Å². The molecule has 1 aromatic carbocycles. The van der Waals surface area contributed by atoms with Crippen molar-refractivity contribution in [2.45, 2.75) is 19.1 Å². The number of H-pyrrole nitrogens is 1. The van der Waals surface area contributed by atoms with Gasteiger partial charge in [0.2, 0.25) is 0 Å². The molecule has 1 aliphatic heterocycles. The Hall–Kier alpha value is -3.14. The van der Waals surface area contributed by atoms with Crippen molar-refractivity contribution in [2.75, 3.05) is 23.4 Å². The second kappa shape index (κ2) is 7.60. The van der Waals surface area contributed by atoms with Crippen LogP contribution in [0.15, 0.2) is 41.6 Å². The Morgan fingerprint density at radius 3 is 2.77 bits per heavy atom. The fraction of sp³-hybridized carbons (Fsp3) is 0.263. The minimum Gasteiger partial charge on any atom is -0.363 e. The second-order valence-corrected chi connectivity index (χ2v) is 7.14. The van der Waals surface area contributed by atoms with Crippen LogP contribution in [-0.2, 0) is 19.1 Å². The third-order valence-electron chi connectivity index (χ3n) is 4.99. The minimum atomic E-state index is -4.49. The van der Waals surface area contributed by atoms with Crippen LogP contribution < -0.4 is 15.4 Å². The van der Waals surface area contributed by atoms with Crippen molar-refractivity contribution < 1.29 is 13.2 Å². The molecule has 3 aromatic rings. The molecule has 0 aliphatic carbocycles. The summed E-state index contributed by atoms with van der Waals surface area (Å²) < 4.78 is 40.4. The van der Waals surface area contributed by atoms with Crippen LogP contribution in [0.3, 0.4) is 0 Å². The number of rotatable bonds is 3. The molecular formula is C19H16ClF3N6O. The highest BCUT2D eigenvalue weighted by atomic mass is 35.5. The number of para-hydroxylation sites is 1. The smallest absolute Gasteiger partial charge is 0.363 e. The topological polar surface area (TPSA) is 78.0 Å². The van der Waals surface area contributed by atoms with Crippen molar-refractivity contribution in [1.29, 1.82) is 0 Å². The Bertz CT molecular complexity index is 1150. The Kier molecular flexibility index (Phi) is 5.10. The lowest BCUT2D eigenvalue weighted by Gasteiger charge is -2.32. The van der Waals surface area contributed by atoms with Crippen molar-refractivity contribution >= 4 is 28.8 Å². The van der Waals surface area contributed by atoms with E-state index in [0.29, 0.717) is 36.7 Å². The van der Waals surface area contributed by atoms with Crippen molar-refractivity contribution in [3.63, 3.8) is 0 Å². The van der Waals surface area contributed by atoms with E-state index in [1.165, 1.54) is 29.6 Å². The Morgan fingerprint density at radius 1 is 1.23 bits per heavy atom. The van der Waals surface area contributed by atoms with Gasteiger partial charge in [0, 0.05) is 19.2 Å². The predicted octanol–water partition coefficient (Wildman–Crippen LogP) is 3.56. The van der Waals surface area contributed by atoms with E-state index in [2.05, 4.69) is 20.2 Å². The number of fused-ring (bicyclic) bond motifs is 1. The zero-order chi connectivity index (χ0) is 21.5. The normalized spacial score (nSPS) is 13.8. The van der Waals surface area contributed by atoms with E-state index in [4.69, 9.17) is 11.6 Å². The molecule has 0 radical (unpaired) electrons. The quantitative estimate of drug-likeness (QED) is 0.676. The SMILES string of the molecule is CN(c1ccccc1C(F)(F)F)c1ncnc2c1CCN(c1cn[nH]c(=O)c1Cl)C2. The van der Waals surface area contributed by atoms with Gasteiger partial charge in [0.25, 0.3) is 5.56 Å². The van der Waals surface area contributed by atoms with Crippen molar-refractivity contribution in [3.8, 4) is 0 Å². The highest BCUT2D eigenvalue weighted by Crippen LogP contribution is 2.39. The summed E-state index contributed by atoms with van der Waals surface area (Å²) in [5.41, 5.74) is 0.656. The fourth-order valence-electron chi connectivity index (χ4n) is 3.55. The van der Waals surface area contributed by atoms with Crippen LogP contribution in [0.1, 0.15) is 16.8 Å². The molecule has 3 heterocycles. The van der Waals surface area contributed by atoms with Gasteiger partial charge in [-0.05, 0) is 18.6 Å². The van der Waals surface area contributed by atoms with E-state index in [9.17, 15) is 18.0 Å². The summed E-state index contributed by atoms with van der Waals surface area (Å²) in [5.74, 6) is 0.409. The predicted molar refractivity (Wildman–Crippen MR) is 106 cm³/mol. The van der Waals surface area contributed by atoms with Gasteiger partial charge in [-0.1, -0.05) is 23.7 Å². The zero-order valence-electron chi connectivity index (χ0n) is 15.7. The maximum atomic E-state index is 13.5. The van der Waals surface area contributed by atoms with Gasteiger partial charge < -0.3 is 9.80 Å². The molecule has 0 atom stereocenters. The maximum absolute atomic E-state index is 13.5. The summed E-state index contributed by atoms with van der Waals surface area (Å²) in [7, 11) is 1.55. The van der Waals surface area contributed by atoms with Crippen molar-refractivity contribution in [1.82, 2.24) is 20.2 Å². The lowest BCUT2D eigenvalue weighted by Crippen LogP contribution is -2.34. The zero-order valence-corrected chi connectivity index (χ0v) is 16.5. The molecule has 0 bridgehead atoms.